The fraction of sp³-hybridized carbons (Fsp3) is 0.364. The molecule has 32 heavy (non-hydrogen) atoms. The van der Waals surface area contributed by atoms with Gasteiger partial charge in [0.05, 0.1) is 16.0 Å². The van der Waals surface area contributed by atoms with Gasteiger partial charge in [-0.05, 0) is 31.2 Å². The molecule has 10 heteroatoms. The molecule has 3 heterocycles. The normalized spacial score (nSPS) is 20.2. The first kappa shape index (κ1) is 22.6. The Morgan fingerprint density at radius 2 is 2.09 bits per heavy atom. The van der Waals surface area contributed by atoms with Crippen molar-refractivity contribution in [2.75, 3.05) is 19.6 Å². The van der Waals surface area contributed by atoms with Crippen molar-refractivity contribution >= 4 is 46.1 Å². The molecule has 1 aliphatic rings. The van der Waals surface area contributed by atoms with Crippen LogP contribution in [0.25, 0.3) is 11.0 Å². The van der Waals surface area contributed by atoms with Crippen LogP contribution in [0.4, 0.5) is 4.39 Å². The third kappa shape index (κ3) is 5.40. The van der Waals surface area contributed by atoms with Crippen molar-refractivity contribution in [3.05, 3.63) is 57.3 Å². The van der Waals surface area contributed by atoms with Crippen molar-refractivity contribution in [2.45, 2.75) is 31.5 Å². The van der Waals surface area contributed by atoms with E-state index in [2.05, 4.69) is 30.6 Å². The summed E-state index contributed by atoms with van der Waals surface area (Å²) in [6, 6.07) is 7.27. The second kappa shape index (κ2) is 9.89. The van der Waals surface area contributed by atoms with Crippen LogP contribution in [0.1, 0.15) is 28.2 Å². The highest BCUT2D eigenvalue weighted by molar-refractivity contribution is 7.16. The highest BCUT2D eigenvalue weighted by atomic mass is 35.5. The molecule has 2 unspecified atom stereocenters. The van der Waals surface area contributed by atoms with Crippen molar-refractivity contribution < 1.29 is 9.18 Å². The monoisotopic (exact) mass is 474 g/mol. The van der Waals surface area contributed by atoms with Crippen LogP contribution >= 0.6 is 22.9 Å². The minimum absolute atomic E-state index is 0.0687. The van der Waals surface area contributed by atoms with E-state index in [4.69, 9.17) is 11.6 Å². The molecule has 1 amide bonds. The Bertz CT molecular complexity index is 1120. The number of para-hydroxylation sites is 2. The third-order valence-corrected chi connectivity index (χ3v) is 6.53. The highest BCUT2D eigenvalue weighted by Gasteiger charge is 2.33. The van der Waals surface area contributed by atoms with Crippen molar-refractivity contribution in [2.24, 2.45) is 4.99 Å². The number of alkyl halides is 1. The number of rotatable bonds is 9. The molecule has 0 radical (unpaired) electrons. The van der Waals surface area contributed by atoms with Gasteiger partial charge in [0.1, 0.15) is 16.2 Å². The number of carbonyl (C=O) groups excluding carboxylic acids is 1. The van der Waals surface area contributed by atoms with Gasteiger partial charge in [-0.2, -0.15) is 0 Å². The summed E-state index contributed by atoms with van der Waals surface area (Å²) in [7, 11) is 0. The number of fused-ring (bicyclic) bond motifs is 1. The molecule has 7 nitrogen and oxygen atoms in total. The molecular formula is C22H24ClFN6OS. The number of aliphatic imine (C=N–C) groups is 1. The second-order valence-electron chi connectivity index (χ2n) is 7.71. The number of halogens is 2. The quantitative estimate of drug-likeness (QED) is 0.413. The maximum atomic E-state index is 14.4. The number of thiazole rings is 1. The number of nitrogens with zero attached hydrogens (tertiary/aromatic N) is 3. The van der Waals surface area contributed by atoms with Gasteiger partial charge in [0.15, 0.2) is 11.4 Å². The molecule has 2 atom stereocenters. The Morgan fingerprint density at radius 1 is 1.28 bits per heavy atom. The third-order valence-electron chi connectivity index (χ3n) is 5.22. The summed E-state index contributed by atoms with van der Waals surface area (Å²) in [5.41, 5.74) is 0.569. The average molecular weight is 475 g/mol. The summed E-state index contributed by atoms with van der Waals surface area (Å²) in [5, 5.41) is 6.82. The lowest BCUT2D eigenvalue weighted by molar-refractivity contribution is 0.0937. The van der Waals surface area contributed by atoms with Gasteiger partial charge in [0, 0.05) is 38.7 Å². The van der Waals surface area contributed by atoms with Gasteiger partial charge < -0.3 is 15.6 Å². The smallest absolute Gasteiger partial charge is 0.272 e. The zero-order valence-corrected chi connectivity index (χ0v) is 19.1. The number of benzene rings is 1. The molecule has 3 aromatic rings. The predicted molar refractivity (Wildman–Crippen MR) is 127 cm³/mol. The summed E-state index contributed by atoms with van der Waals surface area (Å²) >= 11 is 7.51. The van der Waals surface area contributed by atoms with Crippen LogP contribution in [0.3, 0.4) is 0 Å². The lowest BCUT2D eigenvalue weighted by Gasteiger charge is -2.26. The van der Waals surface area contributed by atoms with Gasteiger partial charge in [0.2, 0.25) is 0 Å². The highest BCUT2D eigenvalue weighted by Crippen LogP contribution is 2.25. The van der Waals surface area contributed by atoms with Gasteiger partial charge in [-0.15, -0.1) is 11.3 Å². The maximum Gasteiger partial charge on any atom is 0.272 e. The summed E-state index contributed by atoms with van der Waals surface area (Å²) in [6.07, 6.45) is 5.97. The first-order chi connectivity index (χ1) is 15.4. The fourth-order valence-corrected chi connectivity index (χ4v) is 4.59. The van der Waals surface area contributed by atoms with Crippen molar-refractivity contribution in [1.29, 1.82) is 0 Å². The van der Waals surface area contributed by atoms with Crippen LogP contribution in [0, 0.1) is 0 Å². The van der Waals surface area contributed by atoms with Crippen LogP contribution in [0.15, 0.2) is 41.4 Å². The minimum atomic E-state index is -1.60. The maximum absolute atomic E-state index is 14.4. The standard InChI is InChI=1S/C22H24ClFN6OS/c1-22(24)9-4-10-26-16(22)13-27-21(31)19-20(23)32-18(30-19)8-12-25-11-7-17-28-14-5-2-3-6-15(14)29-17/h2-6,9-10,16,25H,7-8,11-13H2,1H3,(H,27,31)(H,28,29). The Morgan fingerprint density at radius 3 is 2.91 bits per heavy atom. The summed E-state index contributed by atoms with van der Waals surface area (Å²) in [6.45, 7) is 2.98. The zero-order chi connectivity index (χ0) is 22.6. The number of aromatic nitrogens is 3. The van der Waals surface area contributed by atoms with E-state index in [1.54, 1.807) is 6.08 Å². The van der Waals surface area contributed by atoms with Gasteiger partial charge in [-0.3, -0.25) is 9.79 Å². The average Bonchev–Trinajstić information content (AvgIpc) is 3.35. The Labute approximate surface area is 194 Å². The Kier molecular flexibility index (Phi) is 6.98. The topological polar surface area (TPSA) is 95.1 Å². The number of amides is 1. The van der Waals surface area contributed by atoms with E-state index in [1.807, 2.05) is 24.3 Å². The number of H-pyrrole nitrogens is 1. The van der Waals surface area contributed by atoms with E-state index in [-0.39, 0.29) is 12.2 Å². The van der Waals surface area contributed by atoms with Crippen LogP contribution in [0.5, 0.6) is 0 Å². The molecule has 4 rings (SSSR count). The molecule has 0 saturated carbocycles. The Hall–Kier alpha value is -2.62. The van der Waals surface area contributed by atoms with E-state index < -0.39 is 17.6 Å². The molecule has 0 fully saturated rings. The molecule has 2 aromatic heterocycles. The van der Waals surface area contributed by atoms with Crippen LogP contribution in [0.2, 0.25) is 4.34 Å². The largest absolute Gasteiger partial charge is 0.348 e. The van der Waals surface area contributed by atoms with E-state index in [0.717, 1.165) is 34.8 Å². The predicted octanol–water partition coefficient (Wildman–Crippen LogP) is 3.51. The molecule has 1 aliphatic heterocycles. The molecule has 1 aromatic carbocycles. The van der Waals surface area contributed by atoms with E-state index in [1.165, 1.54) is 30.6 Å². The van der Waals surface area contributed by atoms with Gasteiger partial charge in [-0.25, -0.2) is 14.4 Å². The number of hydrogen-bond acceptors (Lipinski definition) is 6. The first-order valence-corrected chi connectivity index (χ1v) is 11.6. The second-order valence-corrected chi connectivity index (χ2v) is 9.40. The number of dihydropyridines is 1. The fourth-order valence-electron chi connectivity index (χ4n) is 3.41. The number of aromatic amines is 1. The molecular weight excluding hydrogens is 451 g/mol. The van der Waals surface area contributed by atoms with Crippen LogP contribution in [-0.2, 0) is 12.8 Å². The van der Waals surface area contributed by atoms with Gasteiger partial charge >= 0.3 is 0 Å². The number of allylic oxidation sites excluding steroid dienone is 1. The van der Waals surface area contributed by atoms with Crippen molar-refractivity contribution in [3.63, 3.8) is 0 Å². The van der Waals surface area contributed by atoms with Crippen molar-refractivity contribution in [1.82, 2.24) is 25.6 Å². The van der Waals surface area contributed by atoms with Crippen LogP contribution < -0.4 is 10.6 Å². The number of carbonyl (C=O) groups is 1. The molecule has 0 aliphatic carbocycles. The van der Waals surface area contributed by atoms with Crippen molar-refractivity contribution in [3.8, 4) is 0 Å². The summed E-state index contributed by atoms with van der Waals surface area (Å²) < 4.78 is 14.8. The first-order valence-electron chi connectivity index (χ1n) is 10.4. The summed E-state index contributed by atoms with van der Waals surface area (Å²) in [4.78, 5) is 28.8. The van der Waals surface area contributed by atoms with Crippen LogP contribution in [-0.4, -0.2) is 58.4 Å². The molecule has 0 spiro atoms. The van der Waals surface area contributed by atoms with E-state index >= 15 is 0 Å². The molecule has 0 bridgehead atoms. The molecule has 0 saturated heterocycles. The lowest BCUT2D eigenvalue weighted by Crippen LogP contribution is -2.43. The number of imidazole rings is 1. The Balaban J connectivity index is 1.22. The van der Waals surface area contributed by atoms with E-state index in [9.17, 15) is 9.18 Å². The number of hydrogen-bond donors (Lipinski definition) is 3. The minimum Gasteiger partial charge on any atom is -0.348 e. The SMILES string of the molecule is CC1(F)C=CC=NC1CNC(=O)c1nc(CCNCCc2nc3ccccc3[nH]2)sc1Cl. The molecule has 3 N–H and O–H groups in total. The van der Waals surface area contributed by atoms with Gasteiger partial charge in [-0.1, -0.05) is 23.7 Å². The van der Waals surface area contributed by atoms with Gasteiger partial charge in [0.25, 0.3) is 5.91 Å². The lowest BCUT2D eigenvalue weighted by atomic mass is 9.96. The summed E-state index contributed by atoms with van der Waals surface area (Å²) in [5.74, 6) is 0.521. The molecule has 168 valence electrons. The zero-order valence-electron chi connectivity index (χ0n) is 17.6. The number of nitrogens with one attached hydrogen (secondary N) is 3. The van der Waals surface area contributed by atoms with E-state index in [0.29, 0.717) is 17.3 Å².